The lowest BCUT2D eigenvalue weighted by atomic mass is 10.1. The van der Waals surface area contributed by atoms with Crippen LogP contribution in [0.2, 0.25) is 5.54 Å². The van der Waals surface area contributed by atoms with Crippen LogP contribution in [0.4, 0.5) is 0 Å². The Morgan fingerprint density at radius 1 is 0.762 bits per heavy atom. The van der Waals surface area contributed by atoms with Gasteiger partial charge in [-0.2, -0.15) is 0 Å². The van der Waals surface area contributed by atoms with Crippen molar-refractivity contribution in [1.29, 1.82) is 0 Å². The van der Waals surface area contributed by atoms with Crippen LogP contribution in [0.1, 0.15) is 46.0 Å². The van der Waals surface area contributed by atoms with Gasteiger partial charge < -0.3 is 0 Å². The van der Waals surface area contributed by atoms with E-state index in [2.05, 4.69) is 74.5 Å². The van der Waals surface area contributed by atoms with Crippen molar-refractivity contribution < 1.29 is 0 Å². The Balaban J connectivity index is 2.13. The first-order valence-corrected chi connectivity index (χ1v) is 9.88. The monoisotopic (exact) mass is 295 g/mol. The van der Waals surface area contributed by atoms with Gasteiger partial charge in [-0.15, -0.1) is 0 Å². The smallest absolute Gasteiger partial charge is 0.0654 e. The van der Waals surface area contributed by atoms with Crippen LogP contribution in [0, 0.1) is 0 Å². The van der Waals surface area contributed by atoms with Crippen molar-refractivity contribution in [3.05, 3.63) is 60.7 Å². The molecular formula is C20H27Si. The molecule has 21 heavy (non-hydrogen) atoms. The Morgan fingerprint density at radius 3 is 1.76 bits per heavy atom. The summed E-state index contributed by atoms with van der Waals surface area (Å²) in [6.07, 6.45) is 6.83. The molecule has 0 heterocycles. The number of hydrogen-bond donors (Lipinski definition) is 0. The Labute approximate surface area is 131 Å². The summed E-state index contributed by atoms with van der Waals surface area (Å²) < 4.78 is 0. The fourth-order valence-electron chi connectivity index (χ4n) is 2.99. The number of rotatable bonds is 8. The highest BCUT2D eigenvalue weighted by Crippen LogP contribution is 2.19. The molecule has 2 rings (SSSR count). The van der Waals surface area contributed by atoms with E-state index in [0.29, 0.717) is 0 Å². The molecule has 0 aliphatic heterocycles. The molecule has 0 fully saturated rings. The third-order valence-electron chi connectivity index (χ3n) is 4.15. The van der Waals surface area contributed by atoms with Gasteiger partial charge in [0.15, 0.2) is 0 Å². The first kappa shape index (κ1) is 16.0. The molecule has 0 nitrogen and oxygen atoms in total. The summed E-state index contributed by atoms with van der Waals surface area (Å²) in [6, 6.07) is 22.3. The average Bonchev–Trinajstić information content (AvgIpc) is 2.54. The van der Waals surface area contributed by atoms with E-state index in [1.54, 1.807) is 10.4 Å². The lowest BCUT2D eigenvalue weighted by Crippen LogP contribution is -2.45. The summed E-state index contributed by atoms with van der Waals surface area (Å²) in [5.74, 6) is 0. The van der Waals surface area contributed by atoms with Crippen LogP contribution in [0.15, 0.2) is 60.7 Å². The molecule has 1 heteroatoms. The first-order valence-electron chi connectivity index (χ1n) is 8.30. The minimum absolute atomic E-state index is 0.665. The predicted molar refractivity (Wildman–Crippen MR) is 96.1 cm³/mol. The maximum absolute atomic E-state index is 2.46. The molecule has 0 aromatic heterocycles. The van der Waals surface area contributed by atoms with E-state index in [-0.39, 0.29) is 0 Å². The lowest BCUT2D eigenvalue weighted by Gasteiger charge is -2.23. The van der Waals surface area contributed by atoms with Crippen LogP contribution in [0.5, 0.6) is 0 Å². The third kappa shape index (κ3) is 4.85. The minimum Gasteiger partial charge on any atom is -0.0654 e. The van der Waals surface area contributed by atoms with Gasteiger partial charge in [0.1, 0.15) is 8.80 Å². The van der Waals surface area contributed by atoms with E-state index in [1.165, 1.54) is 32.1 Å². The van der Waals surface area contributed by atoms with Crippen molar-refractivity contribution in [1.82, 2.24) is 0 Å². The molecule has 0 amide bonds. The van der Waals surface area contributed by atoms with Gasteiger partial charge in [-0.1, -0.05) is 117 Å². The summed E-state index contributed by atoms with van der Waals surface area (Å²) in [4.78, 5) is 0. The Kier molecular flexibility index (Phi) is 6.75. The highest BCUT2D eigenvalue weighted by Gasteiger charge is 2.23. The van der Waals surface area contributed by atoms with E-state index in [4.69, 9.17) is 0 Å². The van der Waals surface area contributed by atoms with E-state index in [1.807, 2.05) is 0 Å². The molecule has 0 aliphatic rings. The van der Waals surface area contributed by atoms with Gasteiger partial charge in [0.2, 0.25) is 0 Å². The third-order valence-corrected chi connectivity index (χ3v) is 7.34. The molecule has 1 unspecified atom stereocenters. The Bertz CT molecular complexity index is 452. The molecular weight excluding hydrogens is 268 g/mol. The second-order valence-corrected chi connectivity index (χ2v) is 8.86. The number of unbranched alkanes of at least 4 members (excludes halogenated alkanes) is 3. The molecule has 1 radical (unpaired) electrons. The second-order valence-electron chi connectivity index (χ2n) is 5.90. The zero-order chi connectivity index (χ0) is 14.9. The van der Waals surface area contributed by atoms with E-state index >= 15 is 0 Å². The van der Waals surface area contributed by atoms with Crippen molar-refractivity contribution in [2.75, 3.05) is 0 Å². The number of hydrogen-bond acceptors (Lipinski definition) is 0. The van der Waals surface area contributed by atoms with E-state index in [0.717, 1.165) is 5.54 Å². The zero-order valence-electron chi connectivity index (χ0n) is 13.4. The maximum Gasteiger partial charge on any atom is 0.124 e. The SMILES string of the molecule is CCCCCCC(C)[Si](c1ccccc1)c1ccccc1. The topological polar surface area (TPSA) is 0 Å². The highest BCUT2D eigenvalue weighted by molar-refractivity contribution is 6.86. The van der Waals surface area contributed by atoms with Crippen molar-refractivity contribution in [3.63, 3.8) is 0 Å². The normalized spacial score (nSPS) is 12.5. The predicted octanol–water partition coefficient (Wildman–Crippen LogP) is 4.66. The van der Waals surface area contributed by atoms with Gasteiger partial charge in [0, 0.05) is 0 Å². The van der Waals surface area contributed by atoms with Crippen LogP contribution < -0.4 is 10.4 Å². The van der Waals surface area contributed by atoms with Crippen molar-refractivity contribution >= 4 is 19.2 Å². The van der Waals surface area contributed by atoms with Gasteiger partial charge in [0.05, 0.1) is 0 Å². The van der Waals surface area contributed by atoms with E-state index in [9.17, 15) is 0 Å². The summed E-state index contributed by atoms with van der Waals surface area (Å²) in [5.41, 5.74) is 0.789. The van der Waals surface area contributed by atoms with Gasteiger partial charge >= 0.3 is 0 Å². The molecule has 0 saturated heterocycles. The molecule has 2 aromatic carbocycles. The molecule has 111 valence electrons. The van der Waals surface area contributed by atoms with Crippen molar-refractivity contribution in [2.24, 2.45) is 0 Å². The van der Waals surface area contributed by atoms with Crippen molar-refractivity contribution in [3.8, 4) is 0 Å². The fraction of sp³-hybridized carbons (Fsp3) is 0.400. The average molecular weight is 296 g/mol. The maximum atomic E-state index is 2.46. The fourth-order valence-corrected chi connectivity index (χ4v) is 6.06. The van der Waals surface area contributed by atoms with Crippen LogP contribution in [-0.2, 0) is 0 Å². The van der Waals surface area contributed by atoms with Crippen LogP contribution in [0.25, 0.3) is 0 Å². The molecule has 0 aliphatic carbocycles. The second kappa shape index (κ2) is 8.84. The molecule has 0 bridgehead atoms. The van der Waals surface area contributed by atoms with Gasteiger partial charge in [-0.25, -0.2) is 0 Å². The van der Waals surface area contributed by atoms with Gasteiger partial charge in [-0.05, 0) is 5.54 Å². The van der Waals surface area contributed by atoms with Gasteiger partial charge in [0.25, 0.3) is 0 Å². The molecule has 1 atom stereocenters. The van der Waals surface area contributed by atoms with Crippen molar-refractivity contribution in [2.45, 2.75) is 51.5 Å². The Hall–Kier alpha value is -1.34. The summed E-state index contributed by atoms with van der Waals surface area (Å²) in [6.45, 7) is 4.74. The summed E-state index contributed by atoms with van der Waals surface area (Å²) in [5, 5.41) is 3.10. The number of benzene rings is 2. The molecule has 0 spiro atoms. The zero-order valence-corrected chi connectivity index (χ0v) is 14.4. The van der Waals surface area contributed by atoms with Crippen LogP contribution in [-0.4, -0.2) is 8.80 Å². The quantitative estimate of drug-likeness (QED) is 0.491. The van der Waals surface area contributed by atoms with Gasteiger partial charge in [-0.3, -0.25) is 0 Å². The first-order chi connectivity index (χ1) is 10.3. The molecule has 0 N–H and O–H groups in total. The summed E-state index contributed by atoms with van der Waals surface area (Å²) >= 11 is 0. The summed E-state index contributed by atoms with van der Waals surface area (Å²) in [7, 11) is -0.665. The largest absolute Gasteiger partial charge is 0.124 e. The lowest BCUT2D eigenvalue weighted by molar-refractivity contribution is 0.621. The van der Waals surface area contributed by atoms with Crippen LogP contribution in [0.3, 0.4) is 0 Å². The standard InChI is InChI=1S/C20H27Si/c1-3-4-5-8-13-18(2)21(19-14-9-6-10-15-19)20-16-11-7-12-17-20/h6-7,9-12,14-18H,3-5,8,13H2,1-2H3. The molecule has 0 saturated carbocycles. The highest BCUT2D eigenvalue weighted by atomic mass is 28.3. The Morgan fingerprint density at radius 2 is 1.29 bits per heavy atom. The van der Waals surface area contributed by atoms with Crippen LogP contribution >= 0.6 is 0 Å². The molecule has 2 aromatic rings. The van der Waals surface area contributed by atoms with E-state index < -0.39 is 8.80 Å². The minimum atomic E-state index is -0.665.